The Balaban J connectivity index is 0.000000574. The first-order chi connectivity index (χ1) is 8.93. The molecule has 18 heavy (non-hydrogen) atoms. The summed E-state index contributed by atoms with van der Waals surface area (Å²) >= 11 is 0. The van der Waals surface area contributed by atoms with Crippen LogP contribution in [-0.2, 0) is 4.74 Å². The molecule has 2 aliphatic rings. The van der Waals surface area contributed by atoms with Crippen LogP contribution < -0.4 is 4.90 Å². The number of hydrogen-bond donors (Lipinski definition) is 0. The zero-order valence-electron chi connectivity index (χ0n) is 11.2. The Kier molecular flexibility index (Phi) is 4.46. The maximum Gasteiger partial charge on any atom is 0.161 e. The Labute approximate surface area is 110 Å². The zero-order valence-corrected chi connectivity index (χ0v) is 11.2. The minimum Gasteiger partial charge on any atom is -0.477 e. The van der Waals surface area contributed by atoms with Crippen molar-refractivity contribution in [3.05, 3.63) is 53.8 Å². The summed E-state index contributed by atoms with van der Waals surface area (Å²) in [6, 6.07) is 10.4. The Morgan fingerprint density at radius 1 is 1.11 bits per heavy atom. The highest BCUT2D eigenvalue weighted by Gasteiger charge is 2.19. The Hall–Kier alpha value is -1.70. The lowest BCUT2D eigenvalue weighted by Gasteiger charge is -2.32. The molecule has 1 heterocycles. The molecule has 0 saturated carbocycles. The van der Waals surface area contributed by atoms with Crippen LogP contribution in [0, 0.1) is 0 Å². The molecular weight excluding hydrogens is 222 g/mol. The van der Waals surface area contributed by atoms with E-state index < -0.39 is 0 Å². The van der Waals surface area contributed by atoms with Gasteiger partial charge in [0.1, 0.15) is 5.76 Å². The highest BCUT2D eigenvalue weighted by molar-refractivity contribution is 5.49. The number of hydrogen-bond acceptors (Lipinski definition) is 2. The molecule has 96 valence electrons. The second-order valence-electron chi connectivity index (χ2n) is 4.20. The van der Waals surface area contributed by atoms with Crippen molar-refractivity contribution in [2.24, 2.45) is 0 Å². The van der Waals surface area contributed by atoms with Crippen LogP contribution in [0.15, 0.2) is 53.8 Å². The summed E-state index contributed by atoms with van der Waals surface area (Å²) in [7, 11) is 0. The Bertz CT molecular complexity index is 434. The SMILES string of the molecule is C1=CC2=C(CC1)OCN(c1ccccc1)C2.CC. The van der Waals surface area contributed by atoms with Gasteiger partial charge in [0.25, 0.3) is 0 Å². The van der Waals surface area contributed by atoms with Gasteiger partial charge in [0.2, 0.25) is 0 Å². The minimum absolute atomic E-state index is 0.677. The fourth-order valence-corrected chi connectivity index (χ4v) is 2.21. The van der Waals surface area contributed by atoms with Crippen molar-refractivity contribution in [3.63, 3.8) is 0 Å². The van der Waals surface area contributed by atoms with Gasteiger partial charge in [0.15, 0.2) is 6.73 Å². The average Bonchev–Trinajstić information content (AvgIpc) is 2.50. The number of benzene rings is 1. The molecule has 1 aliphatic carbocycles. The largest absolute Gasteiger partial charge is 0.477 e. The van der Waals surface area contributed by atoms with Crippen LogP contribution in [0.4, 0.5) is 5.69 Å². The molecule has 0 fully saturated rings. The number of rotatable bonds is 1. The third-order valence-electron chi connectivity index (χ3n) is 3.09. The van der Waals surface area contributed by atoms with Crippen molar-refractivity contribution in [1.29, 1.82) is 0 Å². The van der Waals surface area contributed by atoms with E-state index in [1.54, 1.807) is 0 Å². The van der Waals surface area contributed by atoms with E-state index in [9.17, 15) is 0 Å². The molecule has 1 aromatic rings. The van der Waals surface area contributed by atoms with Crippen LogP contribution in [0.25, 0.3) is 0 Å². The lowest BCUT2D eigenvalue weighted by atomic mass is 10.0. The molecule has 0 unspecified atom stereocenters. The van der Waals surface area contributed by atoms with Crippen LogP contribution in [-0.4, -0.2) is 13.3 Å². The van der Waals surface area contributed by atoms with E-state index in [0.29, 0.717) is 6.73 Å². The van der Waals surface area contributed by atoms with Gasteiger partial charge in [0, 0.05) is 24.2 Å². The van der Waals surface area contributed by atoms with Gasteiger partial charge in [-0.05, 0) is 18.6 Å². The number of nitrogens with zero attached hydrogens (tertiary/aromatic N) is 1. The van der Waals surface area contributed by atoms with Gasteiger partial charge in [-0.25, -0.2) is 0 Å². The molecule has 1 aliphatic heterocycles. The standard InChI is InChI=1S/C14H15NO.C2H6/c1-2-7-13(8-3-1)15-10-12-6-4-5-9-14(12)16-11-15;1-2/h1-4,6-8H,5,9-11H2;1-2H3. The van der Waals surface area contributed by atoms with Crippen LogP contribution in [0.1, 0.15) is 26.7 Å². The van der Waals surface area contributed by atoms with E-state index in [1.807, 2.05) is 19.9 Å². The molecular formula is C16H21NO. The molecule has 0 N–H and O–H groups in total. The fraction of sp³-hybridized carbons (Fsp3) is 0.375. The van der Waals surface area contributed by atoms with Crippen LogP contribution >= 0.6 is 0 Å². The summed E-state index contributed by atoms with van der Waals surface area (Å²) in [6.45, 7) is 5.65. The monoisotopic (exact) mass is 243 g/mol. The van der Waals surface area contributed by atoms with E-state index >= 15 is 0 Å². The van der Waals surface area contributed by atoms with Gasteiger partial charge in [-0.2, -0.15) is 0 Å². The summed E-state index contributed by atoms with van der Waals surface area (Å²) < 4.78 is 5.80. The number of ether oxygens (including phenoxy) is 1. The smallest absolute Gasteiger partial charge is 0.161 e. The number of allylic oxidation sites excluding steroid dienone is 2. The van der Waals surface area contributed by atoms with E-state index in [2.05, 4.69) is 41.3 Å². The van der Waals surface area contributed by atoms with Crippen molar-refractivity contribution in [3.8, 4) is 0 Å². The normalized spacial score (nSPS) is 17.6. The Morgan fingerprint density at radius 2 is 1.89 bits per heavy atom. The third-order valence-corrected chi connectivity index (χ3v) is 3.09. The maximum atomic E-state index is 5.80. The third kappa shape index (κ3) is 2.76. The van der Waals surface area contributed by atoms with Crippen molar-refractivity contribution < 1.29 is 4.74 Å². The van der Waals surface area contributed by atoms with Crippen LogP contribution in [0.2, 0.25) is 0 Å². The molecule has 2 nitrogen and oxygen atoms in total. The first-order valence-electron chi connectivity index (χ1n) is 6.75. The maximum absolute atomic E-state index is 5.80. The van der Waals surface area contributed by atoms with Gasteiger partial charge in [-0.1, -0.05) is 44.2 Å². The highest BCUT2D eigenvalue weighted by atomic mass is 16.5. The predicted octanol–water partition coefficient (Wildman–Crippen LogP) is 4.11. The van der Waals surface area contributed by atoms with Crippen molar-refractivity contribution >= 4 is 5.69 Å². The molecule has 0 aromatic heterocycles. The zero-order chi connectivity index (χ0) is 12.8. The van der Waals surface area contributed by atoms with Gasteiger partial charge in [-0.15, -0.1) is 0 Å². The molecule has 0 saturated heterocycles. The van der Waals surface area contributed by atoms with Crippen LogP contribution in [0.5, 0.6) is 0 Å². The first-order valence-corrected chi connectivity index (χ1v) is 6.75. The summed E-state index contributed by atoms with van der Waals surface area (Å²) in [5.74, 6) is 1.19. The molecule has 3 rings (SSSR count). The highest BCUT2D eigenvalue weighted by Crippen LogP contribution is 2.27. The van der Waals surface area contributed by atoms with Gasteiger partial charge in [0.05, 0.1) is 0 Å². The van der Waals surface area contributed by atoms with Gasteiger partial charge >= 0.3 is 0 Å². The van der Waals surface area contributed by atoms with Gasteiger partial charge in [-0.3, -0.25) is 0 Å². The summed E-state index contributed by atoms with van der Waals surface area (Å²) in [6.07, 6.45) is 6.61. The number of anilines is 1. The second-order valence-corrected chi connectivity index (χ2v) is 4.20. The molecule has 0 amide bonds. The predicted molar refractivity (Wildman–Crippen MR) is 76.5 cm³/mol. The van der Waals surface area contributed by atoms with Gasteiger partial charge < -0.3 is 9.64 Å². The lowest BCUT2D eigenvalue weighted by Crippen LogP contribution is -2.33. The molecule has 1 aromatic carbocycles. The first kappa shape index (κ1) is 12.7. The van der Waals surface area contributed by atoms with Crippen molar-refractivity contribution in [2.45, 2.75) is 26.7 Å². The molecule has 0 spiro atoms. The molecule has 0 radical (unpaired) electrons. The van der Waals surface area contributed by atoms with Crippen LogP contribution in [0.3, 0.4) is 0 Å². The number of para-hydroxylation sites is 1. The van der Waals surface area contributed by atoms with E-state index in [1.165, 1.54) is 17.0 Å². The van der Waals surface area contributed by atoms with E-state index in [0.717, 1.165) is 19.4 Å². The van der Waals surface area contributed by atoms with E-state index in [4.69, 9.17) is 4.74 Å². The summed E-state index contributed by atoms with van der Waals surface area (Å²) in [5, 5.41) is 0. The van der Waals surface area contributed by atoms with E-state index in [-0.39, 0.29) is 0 Å². The van der Waals surface area contributed by atoms with Crippen molar-refractivity contribution in [2.75, 3.05) is 18.2 Å². The quantitative estimate of drug-likeness (QED) is 0.736. The lowest BCUT2D eigenvalue weighted by molar-refractivity contribution is 0.185. The Morgan fingerprint density at radius 3 is 2.67 bits per heavy atom. The molecule has 0 atom stereocenters. The summed E-state index contributed by atoms with van der Waals surface area (Å²) in [4.78, 5) is 2.26. The topological polar surface area (TPSA) is 12.5 Å². The average molecular weight is 243 g/mol. The fourth-order valence-electron chi connectivity index (χ4n) is 2.21. The molecule has 2 heteroatoms. The molecule has 0 bridgehead atoms. The van der Waals surface area contributed by atoms with Crippen molar-refractivity contribution in [1.82, 2.24) is 0 Å². The second kappa shape index (κ2) is 6.29. The summed E-state index contributed by atoms with van der Waals surface area (Å²) in [5.41, 5.74) is 2.56. The minimum atomic E-state index is 0.677.